The van der Waals surface area contributed by atoms with Crippen molar-refractivity contribution in [2.45, 2.75) is 39.7 Å². The molecule has 20 heavy (non-hydrogen) atoms. The predicted octanol–water partition coefficient (Wildman–Crippen LogP) is 4.93. The van der Waals surface area contributed by atoms with Gasteiger partial charge in [0.25, 0.3) is 0 Å². The number of hydrogen-bond acceptors (Lipinski definition) is 2. The smallest absolute Gasteiger partial charge is 0.152 e. The van der Waals surface area contributed by atoms with E-state index < -0.39 is 0 Å². The summed E-state index contributed by atoms with van der Waals surface area (Å²) in [6.07, 6.45) is 3.25. The van der Waals surface area contributed by atoms with Crippen molar-refractivity contribution in [3.05, 3.63) is 44.0 Å². The van der Waals surface area contributed by atoms with Crippen LogP contribution in [-0.4, -0.2) is 9.97 Å². The van der Waals surface area contributed by atoms with Crippen molar-refractivity contribution in [2.75, 3.05) is 5.32 Å². The van der Waals surface area contributed by atoms with Crippen LogP contribution in [0.3, 0.4) is 0 Å². The highest BCUT2D eigenvalue weighted by Gasteiger charge is 2.08. The van der Waals surface area contributed by atoms with Gasteiger partial charge in [-0.25, -0.2) is 4.98 Å². The minimum atomic E-state index is 0.574. The van der Waals surface area contributed by atoms with Crippen molar-refractivity contribution in [2.24, 2.45) is 0 Å². The number of rotatable bonds is 6. The summed E-state index contributed by atoms with van der Waals surface area (Å²) in [5.74, 6) is 0.979. The summed E-state index contributed by atoms with van der Waals surface area (Å²) < 4.78 is 1.26. The zero-order valence-electron chi connectivity index (χ0n) is 11.8. The van der Waals surface area contributed by atoms with Crippen LogP contribution < -0.4 is 5.32 Å². The van der Waals surface area contributed by atoms with E-state index >= 15 is 0 Å². The Morgan fingerprint density at radius 2 is 2.20 bits per heavy atom. The molecule has 1 aromatic heterocycles. The number of anilines is 1. The number of nitrogens with one attached hydrogen (secondary N) is 2. The first kappa shape index (κ1) is 15.6. The number of unbranched alkanes of at least 4 members (excludes halogenated alkanes) is 1. The van der Waals surface area contributed by atoms with Crippen LogP contribution in [-0.2, 0) is 13.0 Å². The van der Waals surface area contributed by atoms with E-state index in [9.17, 15) is 0 Å². The van der Waals surface area contributed by atoms with E-state index in [2.05, 4.69) is 69.9 Å². The summed E-state index contributed by atoms with van der Waals surface area (Å²) in [6, 6.07) is 6.34. The molecule has 2 aromatic rings. The molecule has 0 saturated heterocycles. The van der Waals surface area contributed by atoms with E-state index in [0.717, 1.165) is 36.5 Å². The molecule has 0 aliphatic carbocycles. The fourth-order valence-corrected chi connectivity index (χ4v) is 2.64. The lowest BCUT2D eigenvalue weighted by molar-refractivity contribution is 0.760. The van der Waals surface area contributed by atoms with Crippen LogP contribution in [0.2, 0.25) is 5.15 Å². The highest BCUT2D eigenvalue weighted by atomic mass is 127. The van der Waals surface area contributed by atoms with E-state index in [1.54, 1.807) is 0 Å². The zero-order valence-corrected chi connectivity index (χ0v) is 14.7. The second-order valence-corrected chi connectivity index (χ2v) is 6.39. The van der Waals surface area contributed by atoms with Gasteiger partial charge in [0.15, 0.2) is 5.15 Å². The molecule has 0 spiro atoms. The van der Waals surface area contributed by atoms with Gasteiger partial charge < -0.3 is 10.3 Å². The molecule has 108 valence electrons. The maximum atomic E-state index is 6.16. The fourth-order valence-electron chi connectivity index (χ4n) is 1.91. The average Bonchev–Trinajstić information content (AvgIpc) is 2.78. The molecule has 5 heteroatoms. The Morgan fingerprint density at radius 3 is 2.90 bits per heavy atom. The van der Waals surface area contributed by atoms with Crippen molar-refractivity contribution in [3.63, 3.8) is 0 Å². The molecule has 1 heterocycles. The lowest BCUT2D eigenvalue weighted by atomic mass is 10.2. The van der Waals surface area contributed by atoms with Crippen molar-refractivity contribution >= 4 is 39.9 Å². The van der Waals surface area contributed by atoms with Crippen molar-refractivity contribution in [3.8, 4) is 0 Å². The molecule has 0 atom stereocenters. The summed E-state index contributed by atoms with van der Waals surface area (Å²) in [5.41, 5.74) is 3.34. The number of benzene rings is 1. The van der Waals surface area contributed by atoms with Crippen molar-refractivity contribution in [1.29, 1.82) is 0 Å². The van der Waals surface area contributed by atoms with E-state index in [4.69, 9.17) is 11.6 Å². The molecule has 3 nitrogen and oxygen atoms in total. The summed E-state index contributed by atoms with van der Waals surface area (Å²) in [5, 5.41) is 3.95. The molecule has 0 radical (unpaired) electrons. The second-order valence-electron chi connectivity index (χ2n) is 4.87. The van der Waals surface area contributed by atoms with E-state index in [-0.39, 0.29) is 0 Å². The standard InChI is InChI=1S/C15H19ClIN3/c1-3-4-5-14-19-13(15(16)20-14)9-18-11-7-6-10(2)12(17)8-11/h6-8,18H,3-5,9H2,1-2H3,(H,19,20). The third kappa shape index (κ3) is 4.12. The first-order chi connectivity index (χ1) is 9.60. The number of aryl methyl sites for hydroxylation is 2. The Balaban J connectivity index is 1.99. The maximum absolute atomic E-state index is 6.16. The Morgan fingerprint density at radius 1 is 1.40 bits per heavy atom. The number of aromatic amines is 1. The largest absolute Gasteiger partial charge is 0.379 e. The van der Waals surface area contributed by atoms with Crippen LogP contribution in [0.5, 0.6) is 0 Å². The van der Waals surface area contributed by atoms with Gasteiger partial charge in [0, 0.05) is 15.7 Å². The first-order valence-corrected chi connectivity index (χ1v) is 8.29. The van der Waals surface area contributed by atoms with Crippen LogP contribution in [0.25, 0.3) is 0 Å². The molecule has 2 rings (SSSR count). The number of nitrogens with zero attached hydrogens (tertiary/aromatic N) is 1. The summed E-state index contributed by atoms with van der Waals surface area (Å²) in [7, 11) is 0. The third-order valence-electron chi connectivity index (χ3n) is 3.19. The van der Waals surface area contributed by atoms with E-state index in [1.165, 1.54) is 9.13 Å². The molecule has 1 aromatic carbocycles. The van der Waals surface area contributed by atoms with Gasteiger partial charge in [0.2, 0.25) is 0 Å². The topological polar surface area (TPSA) is 40.7 Å². The molecule has 0 saturated carbocycles. The van der Waals surface area contributed by atoms with Crippen LogP contribution in [0, 0.1) is 10.5 Å². The van der Waals surface area contributed by atoms with Gasteiger partial charge >= 0.3 is 0 Å². The Labute approximate surface area is 138 Å². The van der Waals surface area contributed by atoms with Gasteiger partial charge in [-0.1, -0.05) is 31.0 Å². The number of aromatic nitrogens is 2. The zero-order chi connectivity index (χ0) is 14.5. The number of H-pyrrole nitrogens is 1. The molecule has 0 aliphatic rings. The number of hydrogen-bond donors (Lipinski definition) is 2. The van der Waals surface area contributed by atoms with Gasteiger partial charge in [0.05, 0.1) is 12.2 Å². The van der Waals surface area contributed by atoms with Gasteiger partial charge in [-0.05, 0) is 53.6 Å². The second kappa shape index (κ2) is 7.31. The monoisotopic (exact) mass is 403 g/mol. The maximum Gasteiger partial charge on any atom is 0.152 e. The predicted molar refractivity (Wildman–Crippen MR) is 93.4 cm³/mol. The SMILES string of the molecule is CCCCc1nc(Cl)c(CNc2ccc(C)c(I)c2)[nH]1. The quantitative estimate of drug-likeness (QED) is 0.671. The average molecular weight is 404 g/mol. The minimum absolute atomic E-state index is 0.574. The Kier molecular flexibility index (Phi) is 5.72. The molecular formula is C15H19ClIN3. The molecule has 0 unspecified atom stereocenters. The molecule has 0 amide bonds. The van der Waals surface area contributed by atoms with Crippen LogP contribution >= 0.6 is 34.2 Å². The van der Waals surface area contributed by atoms with Crippen LogP contribution in [0.15, 0.2) is 18.2 Å². The van der Waals surface area contributed by atoms with Crippen LogP contribution in [0.4, 0.5) is 5.69 Å². The summed E-state index contributed by atoms with van der Waals surface area (Å²) in [4.78, 5) is 7.67. The highest BCUT2D eigenvalue weighted by Crippen LogP contribution is 2.19. The van der Waals surface area contributed by atoms with Crippen LogP contribution in [0.1, 0.15) is 36.8 Å². The Hall–Kier alpha value is -0.750. The summed E-state index contributed by atoms with van der Waals surface area (Å²) in [6.45, 7) is 4.94. The minimum Gasteiger partial charge on any atom is -0.379 e. The Bertz CT molecular complexity index is 580. The first-order valence-electron chi connectivity index (χ1n) is 6.83. The normalized spacial score (nSPS) is 10.8. The van der Waals surface area contributed by atoms with Crippen molar-refractivity contribution in [1.82, 2.24) is 9.97 Å². The lowest BCUT2D eigenvalue weighted by Crippen LogP contribution is -2.01. The molecule has 0 aliphatic heterocycles. The molecular weight excluding hydrogens is 385 g/mol. The van der Waals surface area contributed by atoms with E-state index in [1.807, 2.05) is 0 Å². The molecule has 2 N–H and O–H groups in total. The third-order valence-corrected chi connectivity index (χ3v) is 4.66. The number of halogens is 2. The fraction of sp³-hybridized carbons (Fsp3) is 0.400. The number of imidazole rings is 1. The van der Waals surface area contributed by atoms with Gasteiger partial charge in [-0.2, -0.15) is 0 Å². The molecule has 0 bridgehead atoms. The summed E-state index contributed by atoms with van der Waals surface area (Å²) >= 11 is 8.51. The van der Waals surface area contributed by atoms with Gasteiger partial charge in [-0.15, -0.1) is 0 Å². The molecule has 0 fully saturated rings. The van der Waals surface area contributed by atoms with Gasteiger partial charge in [-0.3, -0.25) is 0 Å². The van der Waals surface area contributed by atoms with E-state index in [0.29, 0.717) is 11.7 Å². The lowest BCUT2D eigenvalue weighted by Gasteiger charge is -2.07. The van der Waals surface area contributed by atoms with Crippen molar-refractivity contribution < 1.29 is 0 Å². The van der Waals surface area contributed by atoms with Gasteiger partial charge in [0.1, 0.15) is 5.82 Å². The highest BCUT2D eigenvalue weighted by molar-refractivity contribution is 14.1.